The number of hydrazine groups is 1. The van der Waals surface area contributed by atoms with Gasteiger partial charge in [0.15, 0.2) is 0 Å². The van der Waals surface area contributed by atoms with Gasteiger partial charge in [-0.25, -0.2) is 9.59 Å². The Morgan fingerprint density at radius 1 is 1.00 bits per heavy atom. The van der Waals surface area contributed by atoms with Crippen molar-refractivity contribution in [1.82, 2.24) is 5.59 Å². The lowest BCUT2D eigenvalue weighted by molar-refractivity contribution is -0.192. The number of rotatable bonds is 1. The van der Waals surface area contributed by atoms with E-state index in [4.69, 9.17) is 4.84 Å². The van der Waals surface area contributed by atoms with E-state index >= 15 is 0 Å². The van der Waals surface area contributed by atoms with Crippen molar-refractivity contribution in [3.8, 4) is 0 Å². The summed E-state index contributed by atoms with van der Waals surface area (Å²) in [5.41, 5.74) is 2.60. The molecule has 0 aliphatic carbocycles. The van der Waals surface area contributed by atoms with Crippen LogP contribution in [0, 0.1) is 0 Å². The van der Waals surface area contributed by atoms with Crippen LogP contribution in [0.5, 0.6) is 0 Å². The van der Waals surface area contributed by atoms with Crippen LogP contribution in [0.4, 0.5) is 5.69 Å². The summed E-state index contributed by atoms with van der Waals surface area (Å²) >= 11 is 13.3. The van der Waals surface area contributed by atoms with Crippen molar-refractivity contribution in [1.29, 1.82) is 0 Å². The molecule has 0 unspecified atom stereocenters. The summed E-state index contributed by atoms with van der Waals surface area (Å²) in [6.07, 6.45) is 0. The van der Waals surface area contributed by atoms with Gasteiger partial charge in [0.25, 0.3) is 0 Å². The molecule has 1 saturated heterocycles. The number of halogens is 4. The van der Waals surface area contributed by atoms with E-state index in [1.54, 1.807) is 6.07 Å². The summed E-state index contributed by atoms with van der Waals surface area (Å²) in [4.78, 5) is 31.2. The normalized spacial score (nSPS) is 15.4. The maximum atomic E-state index is 11.1. The second-order valence-electron chi connectivity index (χ2n) is 2.97. The zero-order chi connectivity index (χ0) is 13.4. The van der Waals surface area contributed by atoms with E-state index in [0.717, 1.165) is 5.17 Å². The number of hydrogen-bond donors (Lipinski definition) is 1. The predicted octanol–water partition coefficient (Wildman–Crippen LogP) is 2.98. The summed E-state index contributed by atoms with van der Waals surface area (Å²) < 4.78 is 2.61. The molecule has 0 saturated carbocycles. The second kappa shape index (κ2) is 5.45. The van der Waals surface area contributed by atoms with Crippen molar-refractivity contribution in [2.24, 2.45) is 0 Å². The van der Waals surface area contributed by atoms with Gasteiger partial charge in [0.1, 0.15) is 5.69 Å². The topological polar surface area (TPSA) is 67.9 Å². The van der Waals surface area contributed by atoms with Crippen molar-refractivity contribution in [2.75, 3.05) is 5.17 Å². The van der Waals surface area contributed by atoms with Crippen LogP contribution in [0.2, 0.25) is 0 Å². The molecule has 10 heteroatoms. The Kier molecular flexibility index (Phi) is 4.32. The van der Waals surface area contributed by atoms with Crippen LogP contribution in [0.15, 0.2) is 24.0 Å². The fourth-order valence-corrected chi connectivity index (χ4v) is 3.45. The van der Waals surface area contributed by atoms with E-state index in [9.17, 15) is 9.59 Å². The minimum absolute atomic E-state index is 0.414. The number of carbonyl (C=O) groups is 2. The number of hydrogen-bond acceptors (Lipinski definition) is 6. The Bertz CT molecular complexity index is 524. The van der Waals surface area contributed by atoms with Crippen LogP contribution in [0.1, 0.15) is 0 Å². The number of nitrogens with zero attached hydrogens (tertiary/aromatic N) is 1. The predicted molar refractivity (Wildman–Crippen MR) is 75.0 cm³/mol. The Morgan fingerprint density at radius 3 is 2.06 bits per heavy atom. The third-order valence-electron chi connectivity index (χ3n) is 1.85. The summed E-state index contributed by atoms with van der Waals surface area (Å²) in [6, 6.07) is 1.79. The van der Waals surface area contributed by atoms with E-state index in [-0.39, 0.29) is 0 Å². The van der Waals surface area contributed by atoms with Gasteiger partial charge < -0.3 is 9.68 Å². The Labute approximate surface area is 134 Å². The van der Waals surface area contributed by atoms with Gasteiger partial charge in [-0.15, -0.1) is 0 Å². The molecule has 2 rings (SSSR count). The molecule has 1 aliphatic heterocycles. The van der Waals surface area contributed by atoms with Crippen LogP contribution >= 0.6 is 63.7 Å². The lowest BCUT2D eigenvalue weighted by atomic mass is 10.3. The summed E-state index contributed by atoms with van der Waals surface area (Å²) in [6.45, 7) is 0. The molecule has 1 heterocycles. The van der Waals surface area contributed by atoms with Crippen LogP contribution in [0.3, 0.4) is 0 Å². The van der Waals surface area contributed by atoms with Crippen molar-refractivity contribution in [3.63, 3.8) is 0 Å². The standard InChI is InChI=1S/C8H2Br4N2O4/c9-2-1-3(10)5(12)6(4(2)11)14-13-17-7(15)8(16)18-14/h1,13H. The van der Waals surface area contributed by atoms with Crippen LogP contribution < -0.4 is 10.8 Å². The minimum atomic E-state index is -1.12. The summed E-state index contributed by atoms with van der Waals surface area (Å²) in [5.74, 6) is -2.24. The van der Waals surface area contributed by atoms with Crippen molar-refractivity contribution in [3.05, 3.63) is 24.0 Å². The monoisotopic (exact) mass is 506 g/mol. The lowest BCUT2D eigenvalue weighted by Crippen LogP contribution is -2.49. The zero-order valence-electron chi connectivity index (χ0n) is 8.17. The summed E-state index contributed by atoms with van der Waals surface area (Å²) in [5, 5.41) is 0.924. The largest absolute Gasteiger partial charge is 0.444 e. The average Bonchev–Trinajstić information content (AvgIpc) is 2.31. The molecule has 18 heavy (non-hydrogen) atoms. The van der Waals surface area contributed by atoms with Crippen LogP contribution in [-0.4, -0.2) is 11.9 Å². The van der Waals surface area contributed by atoms with Gasteiger partial charge in [-0.3, -0.25) is 0 Å². The van der Waals surface area contributed by atoms with Gasteiger partial charge in [-0.2, -0.15) is 0 Å². The van der Waals surface area contributed by atoms with E-state index < -0.39 is 11.9 Å². The Balaban J connectivity index is 2.45. The van der Waals surface area contributed by atoms with Gasteiger partial charge in [0.05, 0.1) is 8.95 Å². The molecule has 0 aromatic heterocycles. The quantitative estimate of drug-likeness (QED) is 0.464. The fourth-order valence-electron chi connectivity index (χ4n) is 1.09. The molecular weight excluding hydrogens is 508 g/mol. The zero-order valence-corrected chi connectivity index (χ0v) is 14.5. The maximum absolute atomic E-state index is 11.1. The molecule has 0 atom stereocenters. The highest BCUT2D eigenvalue weighted by molar-refractivity contribution is 9.14. The van der Waals surface area contributed by atoms with E-state index in [0.29, 0.717) is 23.6 Å². The van der Waals surface area contributed by atoms with Gasteiger partial charge in [-0.05, 0) is 75.4 Å². The van der Waals surface area contributed by atoms with E-state index in [1.807, 2.05) is 0 Å². The summed E-state index contributed by atoms with van der Waals surface area (Å²) in [7, 11) is 0. The highest BCUT2D eigenvalue weighted by Crippen LogP contribution is 2.43. The molecule has 0 radical (unpaired) electrons. The highest BCUT2D eigenvalue weighted by Gasteiger charge is 2.32. The Morgan fingerprint density at radius 2 is 1.56 bits per heavy atom. The van der Waals surface area contributed by atoms with Crippen LogP contribution in [0.25, 0.3) is 0 Å². The first-order valence-corrected chi connectivity index (χ1v) is 7.41. The molecule has 1 aromatic carbocycles. The number of carbonyl (C=O) groups excluding carboxylic acids is 2. The number of anilines is 1. The van der Waals surface area contributed by atoms with Crippen molar-refractivity contribution < 1.29 is 19.3 Å². The van der Waals surface area contributed by atoms with Gasteiger partial charge in [-0.1, -0.05) is 5.17 Å². The third kappa shape index (κ3) is 2.57. The lowest BCUT2D eigenvalue weighted by Gasteiger charge is -2.27. The molecule has 0 spiro atoms. The smallest absolute Gasteiger partial charge is 0.338 e. The molecule has 6 nitrogen and oxygen atoms in total. The first kappa shape index (κ1) is 14.3. The van der Waals surface area contributed by atoms with Crippen molar-refractivity contribution >= 4 is 81.3 Å². The first-order valence-electron chi connectivity index (χ1n) is 4.23. The Hall–Kier alpha value is -0.160. The molecule has 1 N–H and O–H groups in total. The molecule has 1 aromatic rings. The van der Waals surface area contributed by atoms with Gasteiger partial charge in [0.2, 0.25) is 0 Å². The number of nitrogens with one attached hydrogen (secondary N) is 1. The van der Waals surface area contributed by atoms with E-state index in [1.165, 1.54) is 0 Å². The maximum Gasteiger partial charge on any atom is 0.444 e. The number of benzene rings is 1. The SMILES string of the molecule is O=C1ONN(c2c(Br)c(Br)cc(Br)c2Br)OC1=O. The van der Waals surface area contributed by atoms with Crippen LogP contribution in [-0.2, 0) is 19.3 Å². The first-order chi connectivity index (χ1) is 8.41. The van der Waals surface area contributed by atoms with E-state index in [2.05, 4.69) is 74.1 Å². The minimum Gasteiger partial charge on any atom is -0.338 e. The average molecular weight is 510 g/mol. The molecule has 96 valence electrons. The third-order valence-corrected chi connectivity index (χ3v) is 5.77. The molecule has 0 amide bonds. The fraction of sp³-hybridized carbons (Fsp3) is 0. The molecular formula is C8H2Br4N2O4. The highest BCUT2D eigenvalue weighted by atomic mass is 79.9. The molecule has 1 fully saturated rings. The molecule has 0 bridgehead atoms. The van der Waals surface area contributed by atoms with Crippen molar-refractivity contribution in [2.45, 2.75) is 0 Å². The van der Waals surface area contributed by atoms with Gasteiger partial charge >= 0.3 is 11.9 Å². The van der Waals surface area contributed by atoms with Gasteiger partial charge in [0, 0.05) is 8.95 Å². The second-order valence-corrected chi connectivity index (χ2v) is 6.27. The molecule has 1 aliphatic rings.